The van der Waals surface area contributed by atoms with Gasteiger partial charge in [-0.25, -0.2) is 0 Å². The lowest BCUT2D eigenvalue weighted by Crippen LogP contribution is -2.12. The van der Waals surface area contributed by atoms with Crippen LogP contribution in [0.15, 0.2) is 28.7 Å². The molecular formula is C13H19BrO. The molecule has 0 aliphatic rings. The molecular weight excluding hydrogens is 252 g/mol. The lowest BCUT2D eigenvalue weighted by molar-refractivity contribution is 0.205. The van der Waals surface area contributed by atoms with Crippen molar-refractivity contribution in [1.29, 1.82) is 0 Å². The molecule has 1 atom stereocenters. The van der Waals surface area contributed by atoms with Crippen LogP contribution in [0, 0.1) is 11.8 Å². The van der Waals surface area contributed by atoms with E-state index in [1.54, 1.807) is 0 Å². The highest BCUT2D eigenvalue weighted by Gasteiger charge is 2.10. The van der Waals surface area contributed by atoms with Gasteiger partial charge in [0.2, 0.25) is 0 Å². The first-order chi connectivity index (χ1) is 7.11. The third-order valence-corrected chi connectivity index (χ3v) is 2.97. The minimum absolute atomic E-state index is 0.282. The first-order valence-corrected chi connectivity index (χ1v) is 6.26. The monoisotopic (exact) mass is 270 g/mol. The highest BCUT2D eigenvalue weighted by Crippen LogP contribution is 2.19. The number of rotatable bonds is 5. The fourth-order valence-electron chi connectivity index (χ4n) is 1.89. The van der Waals surface area contributed by atoms with Gasteiger partial charge in [-0.05, 0) is 42.4 Å². The largest absolute Gasteiger partial charge is 0.396 e. The van der Waals surface area contributed by atoms with Gasteiger partial charge in [0.15, 0.2) is 0 Å². The van der Waals surface area contributed by atoms with E-state index in [-0.39, 0.29) is 6.61 Å². The summed E-state index contributed by atoms with van der Waals surface area (Å²) in [5.74, 6) is 1.04. The lowest BCUT2D eigenvalue weighted by atomic mass is 9.92. The summed E-state index contributed by atoms with van der Waals surface area (Å²) >= 11 is 3.46. The van der Waals surface area contributed by atoms with E-state index in [4.69, 9.17) is 0 Å². The van der Waals surface area contributed by atoms with Crippen molar-refractivity contribution in [2.75, 3.05) is 6.61 Å². The van der Waals surface area contributed by atoms with Gasteiger partial charge in [0.25, 0.3) is 0 Å². The predicted octanol–water partition coefficient (Wildman–Crippen LogP) is 3.65. The normalized spacial score (nSPS) is 13.1. The third-order valence-electron chi connectivity index (χ3n) is 2.48. The van der Waals surface area contributed by atoms with E-state index < -0.39 is 0 Å². The second-order valence-corrected chi connectivity index (χ2v) is 5.43. The maximum Gasteiger partial charge on any atom is 0.0462 e. The van der Waals surface area contributed by atoms with Crippen LogP contribution in [0.5, 0.6) is 0 Å². The predicted molar refractivity (Wildman–Crippen MR) is 67.9 cm³/mol. The zero-order valence-electron chi connectivity index (χ0n) is 9.41. The maximum atomic E-state index is 9.29. The van der Waals surface area contributed by atoms with Gasteiger partial charge < -0.3 is 5.11 Å². The zero-order valence-corrected chi connectivity index (χ0v) is 11.0. The molecule has 1 N–H and O–H groups in total. The Morgan fingerprint density at radius 3 is 2.60 bits per heavy atom. The van der Waals surface area contributed by atoms with E-state index in [1.807, 2.05) is 12.1 Å². The molecule has 1 aromatic carbocycles. The Balaban J connectivity index is 2.58. The zero-order chi connectivity index (χ0) is 11.3. The number of halogens is 1. The number of aliphatic hydroxyl groups is 1. The molecule has 1 rings (SSSR count). The highest BCUT2D eigenvalue weighted by atomic mass is 79.9. The molecule has 0 saturated heterocycles. The van der Waals surface area contributed by atoms with Crippen molar-refractivity contribution in [3.63, 3.8) is 0 Å². The number of benzene rings is 1. The molecule has 0 bridgehead atoms. The van der Waals surface area contributed by atoms with Gasteiger partial charge in [0.05, 0.1) is 0 Å². The van der Waals surface area contributed by atoms with E-state index in [0.717, 1.165) is 17.3 Å². The van der Waals surface area contributed by atoms with E-state index in [9.17, 15) is 5.11 Å². The van der Waals surface area contributed by atoms with Crippen LogP contribution in [0.2, 0.25) is 0 Å². The summed E-state index contributed by atoms with van der Waals surface area (Å²) in [6, 6.07) is 8.32. The molecule has 0 heterocycles. The van der Waals surface area contributed by atoms with E-state index in [2.05, 4.69) is 41.9 Å². The smallest absolute Gasteiger partial charge is 0.0462 e. The Labute approximate surface area is 101 Å². The molecule has 2 heteroatoms. The summed E-state index contributed by atoms with van der Waals surface area (Å²) in [4.78, 5) is 0. The summed E-state index contributed by atoms with van der Waals surface area (Å²) in [5, 5.41) is 9.29. The fraction of sp³-hybridized carbons (Fsp3) is 0.538. The summed E-state index contributed by atoms with van der Waals surface area (Å²) in [7, 11) is 0. The second kappa shape index (κ2) is 6.29. The fourth-order valence-corrected chi connectivity index (χ4v) is 2.33. The molecule has 0 spiro atoms. The lowest BCUT2D eigenvalue weighted by Gasteiger charge is -2.16. The van der Waals surface area contributed by atoms with Crippen LogP contribution >= 0.6 is 15.9 Å². The van der Waals surface area contributed by atoms with Gasteiger partial charge in [-0.2, -0.15) is 0 Å². The molecule has 84 valence electrons. The molecule has 1 unspecified atom stereocenters. The number of aliphatic hydroxyl groups excluding tert-OH is 1. The van der Waals surface area contributed by atoms with Crippen LogP contribution in [-0.2, 0) is 6.42 Å². The molecule has 0 aliphatic heterocycles. The van der Waals surface area contributed by atoms with Crippen LogP contribution < -0.4 is 0 Å². The first-order valence-electron chi connectivity index (χ1n) is 5.47. The topological polar surface area (TPSA) is 20.2 Å². The van der Waals surface area contributed by atoms with Crippen LogP contribution in [0.4, 0.5) is 0 Å². The number of hydrogen-bond acceptors (Lipinski definition) is 1. The average molecular weight is 271 g/mol. The molecule has 0 radical (unpaired) electrons. The quantitative estimate of drug-likeness (QED) is 0.866. The average Bonchev–Trinajstić information content (AvgIpc) is 2.16. The molecule has 1 nitrogen and oxygen atoms in total. The van der Waals surface area contributed by atoms with Gasteiger partial charge in [0.1, 0.15) is 0 Å². The molecule has 0 aliphatic carbocycles. The van der Waals surface area contributed by atoms with Crippen molar-refractivity contribution in [3.8, 4) is 0 Å². The van der Waals surface area contributed by atoms with Crippen molar-refractivity contribution in [2.45, 2.75) is 26.7 Å². The van der Waals surface area contributed by atoms with E-state index >= 15 is 0 Å². The molecule has 15 heavy (non-hydrogen) atoms. The Hall–Kier alpha value is -0.340. The van der Waals surface area contributed by atoms with E-state index in [1.165, 1.54) is 5.56 Å². The van der Waals surface area contributed by atoms with Crippen molar-refractivity contribution in [2.24, 2.45) is 11.8 Å². The Bertz CT molecular complexity index is 296. The SMILES string of the molecule is CC(C)CC(CO)Cc1cccc(Br)c1. The standard InChI is InChI=1S/C13H19BrO/c1-10(2)6-12(9-15)7-11-4-3-5-13(14)8-11/h3-5,8,10,12,15H,6-7,9H2,1-2H3. The van der Waals surface area contributed by atoms with Gasteiger partial charge in [0, 0.05) is 11.1 Å². The van der Waals surface area contributed by atoms with Crippen LogP contribution in [0.3, 0.4) is 0 Å². The molecule has 0 aromatic heterocycles. The summed E-state index contributed by atoms with van der Waals surface area (Å²) < 4.78 is 1.11. The second-order valence-electron chi connectivity index (χ2n) is 4.51. The van der Waals surface area contributed by atoms with Crippen molar-refractivity contribution < 1.29 is 5.11 Å². The maximum absolute atomic E-state index is 9.29. The number of hydrogen-bond donors (Lipinski definition) is 1. The minimum atomic E-state index is 0.282. The molecule has 0 amide bonds. The van der Waals surface area contributed by atoms with Crippen LogP contribution in [-0.4, -0.2) is 11.7 Å². The summed E-state index contributed by atoms with van der Waals surface area (Å²) in [5.41, 5.74) is 1.30. The van der Waals surface area contributed by atoms with Gasteiger partial charge in [-0.1, -0.05) is 41.9 Å². The van der Waals surface area contributed by atoms with E-state index in [0.29, 0.717) is 11.8 Å². The van der Waals surface area contributed by atoms with Gasteiger partial charge in [-0.3, -0.25) is 0 Å². The van der Waals surface area contributed by atoms with Gasteiger partial charge in [-0.15, -0.1) is 0 Å². The molecule has 0 fully saturated rings. The highest BCUT2D eigenvalue weighted by molar-refractivity contribution is 9.10. The van der Waals surface area contributed by atoms with Crippen LogP contribution in [0.1, 0.15) is 25.8 Å². The Morgan fingerprint density at radius 1 is 1.33 bits per heavy atom. The van der Waals surface area contributed by atoms with Gasteiger partial charge >= 0.3 is 0 Å². The Kier molecular flexibility index (Phi) is 5.34. The minimum Gasteiger partial charge on any atom is -0.396 e. The van der Waals surface area contributed by atoms with Crippen LogP contribution in [0.25, 0.3) is 0 Å². The molecule has 0 saturated carbocycles. The third kappa shape index (κ3) is 4.80. The van der Waals surface area contributed by atoms with Crippen molar-refractivity contribution >= 4 is 15.9 Å². The Morgan fingerprint density at radius 2 is 2.07 bits per heavy atom. The summed E-state index contributed by atoms with van der Waals surface area (Å²) in [6.07, 6.45) is 2.05. The summed E-state index contributed by atoms with van der Waals surface area (Å²) in [6.45, 7) is 4.68. The first kappa shape index (κ1) is 12.7. The van der Waals surface area contributed by atoms with Crippen molar-refractivity contribution in [3.05, 3.63) is 34.3 Å². The van der Waals surface area contributed by atoms with Crippen molar-refractivity contribution in [1.82, 2.24) is 0 Å². The molecule has 1 aromatic rings.